The lowest BCUT2D eigenvalue weighted by molar-refractivity contribution is -0.137. The highest BCUT2D eigenvalue weighted by Crippen LogP contribution is 2.33. The van der Waals surface area contributed by atoms with E-state index in [-0.39, 0.29) is 17.7 Å². The normalized spacial score (nSPS) is 14.6. The summed E-state index contributed by atoms with van der Waals surface area (Å²) < 4.78 is 0. The van der Waals surface area contributed by atoms with Gasteiger partial charge in [-0.15, -0.1) is 11.3 Å². The van der Waals surface area contributed by atoms with Crippen LogP contribution in [-0.2, 0) is 9.59 Å². The Labute approximate surface area is 157 Å². The topological polar surface area (TPSA) is 52.7 Å². The summed E-state index contributed by atoms with van der Waals surface area (Å²) in [6.07, 6.45) is 0. The molecule has 6 heteroatoms. The molecule has 0 atom stereocenters. The van der Waals surface area contributed by atoms with E-state index in [1.54, 1.807) is 0 Å². The van der Waals surface area contributed by atoms with Crippen LogP contribution in [0, 0.1) is 5.92 Å². The fourth-order valence-corrected chi connectivity index (χ4v) is 3.63. The first-order valence-corrected chi connectivity index (χ1v) is 9.45. The molecule has 0 fully saturated rings. The van der Waals surface area contributed by atoms with Crippen molar-refractivity contribution in [2.75, 3.05) is 30.9 Å². The Hall–Kier alpha value is -2.60. The molecule has 2 aromatic rings. The molecule has 1 N–H and O–H groups in total. The number of benzene rings is 1. The number of nitrogens with one attached hydrogen (secondary N) is 1. The molecular weight excluding hydrogens is 346 g/mol. The van der Waals surface area contributed by atoms with Gasteiger partial charge in [-0.25, -0.2) is 0 Å². The quantitative estimate of drug-likeness (QED) is 0.790. The van der Waals surface area contributed by atoms with E-state index >= 15 is 0 Å². The van der Waals surface area contributed by atoms with Crippen LogP contribution in [0.1, 0.15) is 18.7 Å². The lowest BCUT2D eigenvalue weighted by Gasteiger charge is -2.17. The van der Waals surface area contributed by atoms with Crippen molar-refractivity contribution in [1.82, 2.24) is 4.90 Å². The summed E-state index contributed by atoms with van der Waals surface area (Å²) in [4.78, 5) is 30.0. The molecule has 2 amide bonds. The number of nitrogens with zero attached hydrogens (tertiary/aromatic N) is 2. The van der Waals surface area contributed by atoms with Gasteiger partial charge in [-0.1, -0.05) is 19.9 Å². The average molecular weight is 369 g/mol. The number of carbonyl (C=O) groups excluding carboxylic acids is 2. The first kappa shape index (κ1) is 18.2. The van der Waals surface area contributed by atoms with Crippen LogP contribution in [0.25, 0.3) is 5.57 Å². The Morgan fingerprint density at radius 1 is 1.08 bits per heavy atom. The Balaban J connectivity index is 1.96. The maximum atomic E-state index is 12.9. The minimum Gasteiger partial charge on any atom is -0.378 e. The number of rotatable bonds is 6. The fraction of sp³-hybridized carbons (Fsp3) is 0.300. The highest BCUT2D eigenvalue weighted by atomic mass is 32.1. The third kappa shape index (κ3) is 3.51. The zero-order valence-corrected chi connectivity index (χ0v) is 16.3. The predicted octanol–water partition coefficient (Wildman–Crippen LogP) is 3.66. The summed E-state index contributed by atoms with van der Waals surface area (Å²) in [5, 5.41) is 5.10. The summed E-state index contributed by atoms with van der Waals surface area (Å²) in [5.74, 6) is -0.270. The van der Waals surface area contributed by atoms with Crippen molar-refractivity contribution in [1.29, 1.82) is 0 Å². The van der Waals surface area contributed by atoms with Gasteiger partial charge in [0.05, 0.1) is 5.57 Å². The molecule has 136 valence electrons. The van der Waals surface area contributed by atoms with Crippen molar-refractivity contribution >= 4 is 40.1 Å². The fourth-order valence-electron chi connectivity index (χ4n) is 2.86. The Morgan fingerprint density at radius 3 is 2.31 bits per heavy atom. The van der Waals surface area contributed by atoms with E-state index in [2.05, 4.69) is 5.32 Å². The van der Waals surface area contributed by atoms with Crippen molar-refractivity contribution in [2.45, 2.75) is 13.8 Å². The van der Waals surface area contributed by atoms with Crippen LogP contribution in [0.3, 0.4) is 0 Å². The van der Waals surface area contributed by atoms with Gasteiger partial charge < -0.3 is 10.2 Å². The summed E-state index contributed by atoms with van der Waals surface area (Å²) in [7, 11) is 3.95. The van der Waals surface area contributed by atoms with Crippen molar-refractivity contribution < 1.29 is 9.59 Å². The van der Waals surface area contributed by atoms with Crippen molar-refractivity contribution in [3.8, 4) is 0 Å². The van der Waals surface area contributed by atoms with Gasteiger partial charge in [0.15, 0.2) is 0 Å². The molecule has 1 aliphatic heterocycles. The SMILES string of the molecule is CC(C)CN1C(=O)C(Nc2ccc(N(C)C)cc2)=C(c2cccs2)C1=O. The maximum absolute atomic E-state index is 12.9. The van der Waals surface area contributed by atoms with Gasteiger partial charge in [-0.3, -0.25) is 14.5 Å². The second-order valence-electron chi connectivity index (χ2n) is 6.91. The van der Waals surface area contributed by atoms with E-state index in [0.29, 0.717) is 17.8 Å². The first-order chi connectivity index (χ1) is 12.4. The van der Waals surface area contributed by atoms with E-state index in [4.69, 9.17) is 0 Å². The maximum Gasteiger partial charge on any atom is 0.278 e. The largest absolute Gasteiger partial charge is 0.378 e. The molecule has 5 nitrogen and oxygen atoms in total. The van der Waals surface area contributed by atoms with E-state index in [1.165, 1.54) is 16.2 Å². The zero-order chi connectivity index (χ0) is 18.8. The van der Waals surface area contributed by atoms with Crippen LogP contribution in [-0.4, -0.2) is 37.4 Å². The summed E-state index contributed by atoms with van der Waals surface area (Å²) >= 11 is 1.46. The van der Waals surface area contributed by atoms with Crippen molar-refractivity contribution in [3.63, 3.8) is 0 Å². The Kier molecular flexibility index (Phi) is 5.13. The molecule has 0 unspecified atom stereocenters. The highest BCUT2D eigenvalue weighted by molar-refractivity contribution is 7.11. The lowest BCUT2D eigenvalue weighted by Crippen LogP contribution is -2.35. The van der Waals surface area contributed by atoms with Gasteiger partial charge in [0.1, 0.15) is 5.70 Å². The molecule has 1 aromatic carbocycles. The van der Waals surface area contributed by atoms with Gasteiger partial charge in [0, 0.05) is 36.9 Å². The van der Waals surface area contributed by atoms with E-state index < -0.39 is 0 Å². The third-order valence-corrected chi connectivity index (χ3v) is 5.02. The highest BCUT2D eigenvalue weighted by Gasteiger charge is 2.39. The molecule has 26 heavy (non-hydrogen) atoms. The number of amides is 2. The molecule has 0 aliphatic carbocycles. The number of thiophene rings is 1. The molecule has 0 bridgehead atoms. The van der Waals surface area contributed by atoms with Crippen LogP contribution in [0.5, 0.6) is 0 Å². The second-order valence-corrected chi connectivity index (χ2v) is 7.86. The number of imide groups is 1. The smallest absolute Gasteiger partial charge is 0.278 e. The molecule has 0 radical (unpaired) electrons. The molecule has 2 heterocycles. The van der Waals surface area contributed by atoms with E-state index in [1.807, 2.05) is 74.6 Å². The van der Waals surface area contributed by atoms with Crippen LogP contribution in [0.2, 0.25) is 0 Å². The summed E-state index contributed by atoms with van der Waals surface area (Å²) in [6.45, 7) is 4.41. The Morgan fingerprint density at radius 2 is 1.77 bits per heavy atom. The van der Waals surface area contributed by atoms with Crippen LogP contribution < -0.4 is 10.2 Å². The standard InChI is InChI=1S/C20H23N3O2S/c1-13(2)12-23-19(24)17(16-6-5-11-26-16)18(20(23)25)21-14-7-9-15(10-8-14)22(3)4/h5-11,13,21H,12H2,1-4H3. The number of hydrogen-bond acceptors (Lipinski definition) is 5. The Bertz CT molecular complexity index is 836. The summed E-state index contributed by atoms with van der Waals surface area (Å²) in [5.41, 5.74) is 2.67. The third-order valence-electron chi connectivity index (χ3n) is 4.14. The molecular formula is C20H23N3O2S. The predicted molar refractivity (Wildman–Crippen MR) is 107 cm³/mol. The van der Waals surface area contributed by atoms with Gasteiger partial charge in [0.2, 0.25) is 0 Å². The molecule has 3 rings (SSSR count). The molecule has 1 aliphatic rings. The number of carbonyl (C=O) groups is 2. The van der Waals surface area contributed by atoms with Crippen molar-refractivity contribution in [2.24, 2.45) is 5.92 Å². The van der Waals surface area contributed by atoms with Crippen LogP contribution in [0.15, 0.2) is 47.5 Å². The van der Waals surface area contributed by atoms with Crippen LogP contribution >= 0.6 is 11.3 Å². The molecule has 0 spiro atoms. The average Bonchev–Trinajstić information content (AvgIpc) is 3.19. The van der Waals surface area contributed by atoms with E-state index in [9.17, 15) is 9.59 Å². The molecule has 0 saturated carbocycles. The van der Waals surface area contributed by atoms with Crippen LogP contribution in [0.4, 0.5) is 11.4 Å². The van der Waals surface area contributed by atoms with Gasteiger partial charge in [-0.05, 0) is 41.6 Å². The van der Waals surface area contributed by atoms with Gasteiger partial charge in [0.25, 0.3) is 11.8 Å². The minimum atomic E-state index is -0.260. The zero-order valence-electron chi connectivity index (χ0n) is 15.4. The van der Waals surface area contributed by atoms with Gasteiger partial charge in [-0.2, -0.15) is 0 Å². The van der Waals surface area contributed by atoms with Gasteiger partial charge >= 0.3 is 0 Å². The monoisotopic (exact) mass is 369 g/mol. The number of anilines is 2. The summed E-state index contributed by atoms with van der Waals surface area (Å²) in [6, 6.07) is 11.5. The molecule has 1 aromatic heterocycles. The molecule has 0 saturated heterocycles. The van der Waals surface area contributed by atoms with E-state index in [0.717, 1.165) is 16.3 Å². The minimum absolute atomic E-state index is 0.214. The second kappa shape index (κ2) is 7.33. The lowest BCUT2D eigenvalue weighted by atomic mass is 10.1. The van der Waals surface area contributed by atoms with Crippen molar-refractivity contribution in [3.05, 3.63) is 52.4 Å². The number of hydrogen-bond donors (Lipinski definition) is 1. The first-order valence-electron chi connectivity index (χ1n) is 8.57.